The third-order valence-electron chi connectivity index (χ3n) is 8.30. The van der Waals surface area contributed by atoms with Crippen molar-refractivity contribution in [3.63, 3.8) is 0 Å². The first-order chi connectivity index (χ1) is 20.7. The van der Waals surface area contributed by atoms with Crippen molar-refractivity contribution < 1.29 is 32.5 Å². The van der Waals surface area contributed by atoms with Gasteiger partial charge in [0.1, 0.15) is 5.69 Å². The zero-order valence-electron chi connectivity index (χ0n) is 23.9. The van der Waals surface area contributed by atoms with Crippen molar-refractivity contribution in [3.8, 4) is 11.3 Å². The fourth-order valence-corrected chi connectivity index (χ4v) is 6.00. The average Bonchev–Trinajstić information content (AvgIpc) is 3.48. The number of benzene rings is 3. The molecule has 1 aliphatic rings. The van der Waals surface area contributed by atoms with E-state index >= 15 is 0 Å². The van der Waals surface area contributed by atoms with Crippen molar-refractivity contribution in [3.05, 3.63) is 108 Å². The molecule has 0 aliphatic carbocycles. The lowest BCUT2D eigenvalue weighted by atomic mass is 9.75. The van der Waals surface area contributed by atoms with E-state index in [1.165, 1.54) is 0 Å². The van der Waals surface area contributed by atoms with E-state index in [9.17, 15) is 23.1 Å². The van der Waals surface area contributed by atoms with Crippen LogP contribution < -0.4 is 0 Å². The third kappa shape index (κ3) is 6.97. The van der Waals surface area contributed by atoms with Crippen molar-refractivity contribution in [2.75, 3.05) is 6.61 Å². The number of aromatic nitrogens is 3. The molecule has 3 aromatic carbocycles. The van der Waals surface area contributed by atoms with Crippen LogP contribution in [0.15, 0.2) is 79.0 Å². The first-order valence-corrected chi connectivity index (χ1v) is 14.3. The van der Waals surface area contributed by atoms with E-state index in [1.807, 2.05) is 74.5 Å². The second-order valence-electron chi connectivity index (χ2n) is 11.2. The number of nitrogens with zero attached hydrogens (tertiary/aromatic N) is 3. The van der Waals surface area contributed by atoms with Gasteiger partial charge in [-0.15, -0.1) is 5.10 Å². The molecule has 5 rings (SSSR count). The van der Waals surface area contributed by atoms with Gasteiger partial charge in [0.25, 0.3) is 0 Å². The minimum absolute atomic E-state index is 0.0422. The van der Waals surface area contributed by atoms with Crippen LogP contribution in [0.3, 0.4) is 0 Å². The highest BCUT2D eigenvalue weighted by molar-refractivity contribution is 5.71. The number of carbonyl (C=O) groups is 1. The third-order valence-corrected chi connectivity index (χ3v) is 8.30. The molecule has 7 nitrogen and oxygen atoms in total. The van der Waals surface area contributed by atoms with Crippen LogP contribution in [0.4, 0.5) is 13.2 Å². The van der Waals surface area contributed by atoms with Crippen molar-refractivity contribution >= 4 is 5.97 Å². The van der Waals surface area contributed by atoms with Gasteiger partial charge in [0, 0.05) is 17.4 Å². The molecule has 3 unspecified atom stereocenters. The molecule has 0 radical (unpaired) electrons. The van der Waals surface area contributed by atoms with Crippen LogP contribution in [0.5, 0.6) is 0 Å². The van der Waals surface area contributed by atoms with Crippen LogP contribution in [0.1, 0.15) is 37.4 Å². The Bertz CT molecular complexity index is 1500. The van der Waals surface area contributed by atoms with Crippen LogP contribution in [0, 0.1) is 35.2 Å². The molecule has 1 fully saturated rings. The minimum atomic E-state index is -1.56. The highest BCUT2D eigenvalue weighted by Crippen LogP contribution is 2.42. The van der Waals surface area contributed by atoms with Crippen LogP contribution in [-0.4, -0.2) is 44.9 Å². The molecular weight excluding hydrogens is 559 g/mol. The summed E-state index contributed by atoms with van der Waals surface area (Å²) in [5.41, 5.74) is 2.24. The monoisotopic (exact) mass is 593 g/mol. The molecule has 1 aromatic heterocycles. The van der Waals surface area contributed by atoms with Crippen molar-refractivity contribution in [2.45, 2.75) is 51.5 Å². The van der Waals surface area contributed by atoms with Gasteiger partial charge in [-0.1, -0.05) is 79.7 Å². The number of hydrogen-bond acceptors (Lipinski definition) is 5. The average molecular weight is 594 g/mol. The summed E-state index contributed by atoms with van der Waals surface area (Å²) in [7, 11) is 0. The molecular formula is C33H34F3N3O4. The van der Waals surface area contributed by atoms with Gasteiger partial charge < -0.3 is 14.6 Å². The second kappa shape index (κ2) is 13.5. The highest BCUT2D eigenvalue weighted by atomic mass is 19.2. The maximum Gasteiger partial charge on any atom is 0.309 e. The molecule has 43 heavy (non-hydrogen) atoms. The lowest BCUT2D eigenvalue weighted by molar-refractivity contribution is -0.187. The first-order valence-electron chi connectivity index (χ1n) is 14.3. The fraction of sp³-hybridized carbons (Fsp3) is 0.364. The van der Waals surface area contributed by atoms with Gasteiger partial charge in [-0.3, -0.25) is 4.79 Å². The maximum absolute atomic E-state index is 14.0. The zero-order valence-corrected chi connectivity index (χ0v) is 23.9. The maximum atomic E-state index is 14.0. The van der Waals surface area contributed by atoms with Crippen molar-refractivity contribution in [1.29, 1.82) is 0 Å². The second-order valence-corrected chi connectivity index (χ2v) is 11.2. The Morgan fingerprint density at radius 3 is 2.23 bits per heavy atom. The largest absolute Gasteiger partial charge is 0.481 e. The van der Waals surface area contributed by atoms with Crippen molar-refractivity contribution in [1.82, 2.24) is 15.0 Å². The molecule has 1 aliphatic heterocycles. The molecule has 2 heterocycles. The molecule has 1 N–H and O–H groups in total. The molecule has 4 aromatic rings. The van der Waals surface area contributed by atoms with Gasteiger partial charge in [0.2, 0.25) is 0 Å². The summed E-state index contributed by atoms with van der Waals surface area (Å²) in [6.07, 6.45) is 1.33. The predicted octanol–water partition coefficient (Wildman–Crippen LogP) is 6.49. The smallest absolute Gasteiger partial charge is 0.309 e. The summed E-state index contributed by atoms with van der Waals surface area (Å²) in [5, 5.41) is 18.7. The Morgan fingerprint density at radius 1 is 0.977 bits per heavy atom. The quantitative estimate of drug-likeness (QED) is 0.200. The van der Waals surface area contributed by atoms with E-state index < -0.39 is 41.5 Å². The Balaban J connectivity index is 1.42. The SMILES string of the molecule is CC1[C@H](C(CCc2ccccc2)C(=O)O)OC(COCc2ccccc2)[C@H](C)[C@@H]1n1cc(-c2cc(F)c(F)c(F)c2)nn1. The normalized spacial score (nSPS) is 22.8. The predicted molar refractivity (Wildman–Crippen MR) is 153 cm³/mol. The molecule has 1 saturated heterocycles. The van der Waals surface area contributed by atoms with Crippen LogP contribution in [-0.2, 0) is 27.3 Å². The summed E-state index contributed by atoms with van der Waals surface area (Å²) in [6.45, 7) is 4.48. The Hall–Kier alpha value is -4.02. The van der Waals surface area contributed by atoms with Crippen molar-refractivity contribution in [2.24, 2.45) is 17.8 Å². The Morgan fingerprint density at radius 2 is 1.60 bits per heavy atom. The number of aryl methyl sites for hydroxylation is 1. The topological polar surface area (TPSA) is 86.5 Å². The summed E-state index contributed by atoms with van der Waals surface area (Å²) < 4.78 is 55.7. The van der Waals surface area contributed by atoms with Crippen LogP contribution in [0.25, 0.3) is 11.3 Å². The Labute approximate surface area is 248 Å². The summed E-state index contributed by atoms with van der Waals surface area (Å²) >= 11 is 0. The van der Waals surface area contributed by atoms with Gasteiger partial charge >= 0.3 is 5.97 Å². The number of rotatable bonds is 11. The van der Waals surface area contributed by atoms with Crippen LogP contribution in [0.2, 0.25) is 0 Å². The summed E-state index contributed by atoms with van der Waals surface area (Å²) in [4.78, 5) is 12.6. The van der Waals surface area contributed by atoms with E-state index in [0.717, 1.165) is 23.3 Å². The van der Waals surface area contributed by atoms with Gasteiger partial charge in [-0.25, -0.2) is 17.9 Å². The number of carboxylic acids is 1. The number of ether oxygens (including phenoxy) is 2. The minimum Gasteiger partial charge on any atom is -0.481 e. The lowest BCUT2D eigenvalue weighted by Crippen LogP contribution is -2.52. The standard InChI is InChI=1S/C33H34F3N3O4/c1-20-29(19-42-18-23-11-7-4-8-12-23)43-32(25(33(40)41)14-13-22-9-5-3-6-10-22)21(2)31(20)39-17-28(37-38-39)24-15-26(34)30(36)27(35)16-24/h3-12,15-17,20-21,25,29,31-32H,13-14,18-19H2,1-2H3,(H,40,41)/t20-,21?,25?,29?,31-,32+/m0/s1. The van der Waals surface area contributed by atoms with Gasteiger partial charge in [0.15, 0.2) is 17.5 Å². The highest BCUT2D eigenvalue weighted by Gasteiger charge is 2.47. The molecule has 6 atom stereocenters. The van der Waals surface area contributed by atoms with Crippen LogP contribution >= 0.6 is 0 Å². The Kier molecular flexibility index (Phi) is 9.57. The van der Waals surface area contributed by atoms with E-state index in [1.54, 1.807) is 10.9 Å². The molecule has 0 amide bonds. The molecule has 10 heteroatoms. The first kappa shape index (κ1) is 30.4. The van der Waals surface area contributed by atoms with E-state index in [2.05, 4.69) is 10.3 Å². The summed E-state index contributed by atoms with van der Waals surface area (Å²) in [5.74, 6) is -6.49. The lowest BCUT2D eigenvalue weighted by Gasteiger charge is -2.46. The number of hydrogen-bond donors (Lipinski definition) is 1. The molecule has 0 saturated carbocycles. The van der Waals surface area contributed by atoms with E-state index in [-0.39, 0.29) is 35.7 Å². The molecule has 226 valence electrons. The van der Waals surface area contributed by atoms with Gasteiger partial charge in [-0.05, 0) is 36.1 Å². The molecule has 0 spiro atoms. The fourth-order valence-electron chi connectivity index (χ4n) is 6.00. The van der Waals surface area contributed by atoms with E-state index in [0.29, 0.717) is 19.4 Å². The number of halogens is 3. The number of aliphatic carboxylic acids is 1. The van der Waals surface area contributed by atoms with Gasteiger partial charge in [-0.2, -0.15) is 0 Å². The zero-order chi connectivity index (χ0) is 30.5. The molecule has 0 bridgehead atoms. The summed E-state index contributed by atoms with van der Waals surface area (Å²) in [6, 6.07) is 20.8. The van der Waals surface area contributed by atoms with Gasteiger partial charge in [0.05, 0.1) is 43.6 Å². The van der Waals surface area contributed by atoms with E-state index in [4.69, 9.17) is 9.47 Å². The number of carboxylic acid groups (broad SMARTS) is 1.